The van der Waals surface area contributed by atoms with Crippen LogP contribution in [0.4, 0.5) is 19.0 Å². The predicted octanol–water partition coefficient (Wildman–Crippen LogP) is 2.62. The molecule has 1 N–H and O–H groups in total. The van der Waals surface area contributed by atoms with E-state index in [0.717, 1.165) is 21.5 Å². The quantitative estimate of drug-likeness (QED) is 0.678. The van der Waals surface area contributed by atoms with Crippen molar-refractivity contribution in [3.63, 3.8) is 0 Å². The second-order valence-corrected chi connectivity index (χ2v) is 7.82. The average molecular weight is 432 g/mol. The number of aryl methyl sites for hydroxylation is 1. The van der Waals surface area contributed by atoms with E-state index in [4.69, 9.17) is 9.84 Å². The fourth-order valence-electron chi connectivity index (χ4n) is 3.10. The summed E-state index contributed by atoms with van der Waals surface area (Å²) in [6, 6.07) is 2.23. The normalized spacial score (nSPS) is 15.2. The number of hydrogen-bond donors (Lipinski definition) is 1. The van der Waals surface area contributed by atoms with Crippen molar-refractivity contribution >= 4 is 33.3 Å². The molecule has 160 valence electrons. The van der Waals surface area contributed by atoms with Gasteiger partial charge in [-0.25, -0.2) is 0 Å². The van der Waals surface area contributed by atoms with Crippen LogP contribution in [0.5, 0.6) is 6.01 Å². The van der Waals surface area contributed by atoms with Gasteiger partial charge in [-0.1, -0.05) is 6.92 Å². The number of alkyl halides is 3. The zero-order chi connectivity index (χ0) is 21.0. The number of aromatic nitrogens is 2. The second-order valence-electron chi connectivity index (χ2n) is 6.70. The Balaban J connectivity index is 1.78. The molecule has 2 aromatic rings. The molecule has 29 heavy (non-hydrogen) atoms. The standard InChI is InChI=1S/C18H23F3N4O3S/c1-2-12-10-13-15(22-17(23-16(13)29-12)28-9-3-8-26)25-6-4-24(5-7-25)14(27)11-18(19,20)21/h10,26H,2-9,11H2,1H3. The number of thiophene rings is 1. The number of carbonyl (C=O) groups excluding carboxylic acids is 1. The number of piperazine rings is 1. The summed E-state index contributed by atoms with van der Waals surface area (Å²) in [5.74, 6) is -0.241. The summed E-state index contributed by atoms with van der Waals surface area (Å²) in [5, 5.41) is 9.79. The largest absolute Gasteiger partial charge is 0.463 e. The number of nitrogens with zero attached hydrogens (tertiary/aromatic N) is 4. The van der Waals surface area contributed by atoms with Gasteiger partial charge in [-0.3, -0.25) is 4.79 Å². The van der Waals surface area contributed by atoms with E-state index in [1.54, 1.807) is 11.3 Å². The van der Waals surface area contributed by atoms with E-state index in [-0.39, 0.29) is 32.3 Å². The molecular formula is C18H23F3N4O3S. The van der Waals surface area contributed by atoms with Gasteiger partial charge < -0.3 is 19.6 Å². The summed E-state index contributed by atoms with van der Waals surface area (Å²) < 4.78 is 43.0. The van der Waals surface area contributed by atoms with Crippen LogP contribution in [0.15, 0.2) is 6.07 Å². The molecule has 1 aliphatic heterocycles. The van der Waals surface area contributed by atoms with Gasteiger partial charge in [0.25, 0.3) is 0 Å². The van der Waals surface area contributed by atoms with Crippen molar-refractivity contribution in [2.75, 3.05) is 44.3 Å². The Morgan fingerprint density at radius 1 is 1.28 bits per heavy atom. The third-order valence-corrected chi connectivity index (χ3v) is 5.74. The topological polar surface area (TPSA) is 78.8 Å². The maximum Gasteiger partial charge on any atom is 0.397 e. The Hall–Kier alpha value is -2.14. The van der Waals surface area contributed by atoms with E-state index in [9.17, 15) is 18.0 Å². The van der Waals surface area contributed by atoms with Gasteiger partial charge in [-0.2, -0.15) is 23.1 Å². The minimum atomic E-state index is -4.50. The SMILES string of the molecule is CCc1cc2c(N3CCN(C(=O)CC(F)(F)F)CC3)nc(OCCCO)nc2s1. The lowest BCUT2D eigenvalue weighted by Gasteiger charge is -2.35. The molecule has 1 aliphatic rings. The van der Waals surface area contributed by atoms with Crippen molar-refractivity contribution in [2.24, 2.45) is 0 Å². The average Bonchev–Trinajstić information content (AvgIpc) is 3.09. The summed E-state index contributed by atoms with van der Waals surface area (Å²) in [5.41, 5.74) is 0. The summed E-state index contributed by atoms with van der Waals surface area (Å²) in [4.78, 5) is 25.9. The Morgan fingerprint density at radius 2 is 2.00 bits per heavy atom. The van der Waals surface area contributed by atoms with Gasteiger partial charge in [0.05, 0.1) is 12.0 Å². The number of halogens is 3. The lowest BCUT2D eigenvalue weighted by Crippen LogP contribution is -2.49. The van der Waals surface area contributed by atoms with Gasteiger partial charge in [0.2, 0.25) is 5.91 Å². The van der Waals surface area contributed by atoms with Crippen molar-refractivity contribution in [1.29, 1.82) is 0 Å². The van der Waals surface area contributed by atoms with Crippen molar-refractivity contribution < 1.29 is 27.8 Å². The molecule has 2 aromatic heterocycles. The Morgan fingerprint density at radius 3 is 2.62 bits per heavy atom. The van der Waals surface area contributed by atoms with Crippen molar-refractivity contribution in [2.45, 2.75) is 32.4 Å². The molecule has 7 nitrogen and oxygen atoms in total. The number of rotatable bonds is 7. The van der Waals surface area contributed by atoms with Gasteiger partial charge in [0.15, 0.2) is 0 Å². The lowest BCUT2D eigenvalue weighted by molar-refractivity contribution is -0.161. The first kappa shape index (κ1) is 21.6. The highest BCUT2D eigenvalue weighted by molar-refractivity contribution is 7.18. The fraction of sp³-hybridized carbons (Fsp3) is 0.611. The Kier molecular flexibility index (Phi) is 6.78. The van der Waals surface area contributed by atoms with Crippen molar-refractivity contribution in [3.8, 4) is 6.01 Å². The summed E-state index contributed by atoms with van der Waals surface area (Å²) in [6.07, 6.45) is -4.62. The second kappa shape index (κ2) is 9.12. The van der Waals surface area contributed by atoms with E-state index < -0.39 is 18.5 Å². The minimum Gasteiger partial charge on any atom is -0.463 e. The van der Waals surface area contributed by atoms with Crippen molar-refractivity contribution in [1.82, 2.24) is 14.9 Å². The molecule has 0 atom stereocenters. The van der Waals surface area contributed by atoms with E-state index in [1.165, 1.54) is 4.90 Å². The van der Waals surface area contributed by atoms with Gasteiger partial charge >= 0.3 is 12.2 Å². The summed E-state index contributed by atoms with van der Waals surface area (Å²) in [7, 11) is 0. The predicted molar refractivity (Wildman–Crippen MR) is 103 cm³/mol. The van der Waals surface area contributed by atoms with Crippen LogP contribution in [-0.4, -0.2) is 71.5 Å². The lowest BCUT2D eigenvalue weighted by atomic mass is 10.2. The number of fused-ring (bicyclic) bond motifs is 1. The number of hydrogen-bond acceptors (Lipinski definition) is 7. The van der Waals surface area contributed by atoms with Crippen LogP contribution in [0.3, 0.4) is 0 Å². The number of anilines is 1. The molecule has 1 fully saturated rings. The van der Waals surface area contributed by atoms with Crippen LogP contribution in [0.25, 0.3) is 10.2 Å². The number of aliphatic hydroxyl groups is 1. The molecule has 0 bridgehead atoms. The molecule has 0 aromatic carbocycles. The molecule has 0 saturated carbocycles. The number of aliphatic hydroxyl groups excluding tert-OH is 1. The number of ether oxygens (including phenoxy) is 1. The van der Waals surface area contributed by atoms with Crippen LogP contribution < -0.4 is 9.64 Å². The van der Waals surface area contributed by atoms with Gasteiger partial charge in [0.1, 0.15) is 17.1 Å². The maximum atomic E-state index is 12.5. The third-order valence-electron chi connectivity index (χ3n) is 4.57. The number of amides is 1. The van der Waals surface area contributed by atoms with Crippen LogP contribution in [-0.2, 0) is 11.2 Å². The highest BCUT2D eigenvalue weighted by Gasteiger charge is 2.34. The zero-order valence-corrected chi connectivity index (χ0v) is 16.9. The number of carbonyl (C=O) groups is 1. The molecule has 0 aliphatic carbocycles. The zero-order valence-electron chi connectivity index (χ0n) is 16.0. The Bertz CT molecular complexity index is 851. The summed E-state index contributed by atoms with van der Waals surface area (Å²) in [6.45, 7) is 3.49. The molecule has 3 heterocycles. The highest BCUT2D eigenvalue weighted by atomic mass is 32.1. The van der Waals surface area contributed by atoms with Gasteiger partial charge in [-0.15, -0.1) is 11.3 Å². The van der Waals surface area contributed by atoms with Crippen LogP contribution in [0.1, 0.15) is 24.6 Å². The molecule has 11 heteroatoms. The van der Waals surface area contributed by atoms with E-state index in [0.29, 0.717) is 25.3 Å². The molecule has 0 unspecified atom stereocenters. The Labute approximate surface area is 170 Å². The molecule has 0 radical (unpaired) electrons. The van der Waals surface area contributed by atoms with E-state index in [1.807, 2.05) is 17.9 Å². The van der Waals surface area contributed by atoms with Crippen LogP contribution >= 0.6 is 11.3 Å². The fourth-order valence-corrected chi connectivity index (χ4v) is 4.05. The van der Waals surface area contributed by atoms with Crippen LogP contribution in [0.2, 0.25) is 0 Å². The smallest absolute Gasteiger partial charge is 0.397 e. The van der Waals surface area contributed by atoms with E-state index >= 15 is 0 Å². The third kappa shape index (κ3) is 5.47. The maximum absolute atomic E-state index is 12.5. The van der Waals surface area contributed by atoms with Crippen LogP contribution in [0, 0.1) is 0 Å². The van der Waals surface area contributed by atoms with E-state index in [2.05, 4.69) is 9.97 Å². The summed E-state index contributed by atoms with van der Waals surface area (Å²) >= 11 is 1.54. The first-order chi connectivity index (χ1) is 13.8. The van der Waals surface area contributed by atoms with Crippen molar-refractivity contribution in [3.05, 3.63) is 10.9 Å². The first-order valence-electron chi connectivity index (χ1n) is 9.44. The van der Waals surface area contributed by atoms with Gasteiger partial charge in [-0.05, 0) is 12.5 Å². The minimum absolute atomic E-state index is 0.00198. The highest BCUT2D eigenvalue weighted by Crippen LogP contribution is 2.33. The molecule has 1 saturated heterocycles. The molecule has 3 rings (SSSR count). The molecule has 0 spiro atoms. The molecular weight excluding hydrogens is 409 g/mol. The first-order valence-corrected chi connectivity index (χ1v) is 10.3. The monoisotopic (exact) mass is 432 g/mol. The molecule has 1 amide bonds. The van der Waals surface area contributed by atoms with Gasteiger partial charge in [0, 0.05) is 44.1 Å².